The first kappa shape index (κ1) is 30.1. The molecular weight excluding hydrogens is 536 g/mol. The lowest BCUT2D eigenvalue weighted by molar-refractivity contribution is -0.114. The van der Waals surface area contributed by atoms with Gasteiger partial charge < -0.3 is 14.2 Å². The Hall–Kier alpha value is -3.85. The minimum Gasteiger partial charge on any atom is -0.490 e. The summed E-state index contributed by atoms with van der Waals surface area (Å²) in [6.45, 7) is 9.05. The van der Waals surface area contributed by atoms with Gasteiger partial charge in [-0.25, -0.2) is 0 Å². The van der Waals surface area contributed by atoms with Crippen LogP contribution in [0, 0.1) is 5.41 Å². The average Bonchev–Trinajstić information content (AvgIpc) is 3.38. The van der Waals surface area contributed by atoms with Gasteiger partial charge in [0, 0.05) is 0 Å². The number of benzene rings is 2. The molecule has 0 radical (unpaired) electrons. The lowest BCUT2D eigenvalue weighted by Crippen LogP contribution is -2.35. The number of thioether (sulfide) groups is 1. The normalized spacial score (nSPS) is 15.5. The summed E-state index contributed by atoms with van der Waals surface area (Å²) in [5.41, 5.74) is 1.96. The van der Waals surface area contributed by atoms with E-state index in [2.05, 4.69) is 23.6 Å². The van der Waals surface area contributed by atoms with Crippen LogP contribution < -0.4 is 14.2 Å². The molecule has 0 saturated heterocycles. The van der Waals surface area contributed by atoms with Crippen LogP contribution in [0.15, 0.2) is 70.8 Å². The minimum atomic E-state index is -0.444. The molecule has 41 heavy (non-hydrogen) atoms. The molecule has 0 unspecified atom stereocenters. The van der Waals surface area contributed by atoms with E-state index in [1.54, 1.807) is 18.2 Å². The lowest BCUT2D eigenvalue weighted by atomic mass is 10.1. The fourth-order valence-corrected chi connectivity index (χ4v) is 5.38. The number of aliphatic imine (C=N–C) groups is 1. The number of rotatable bonds is 16. The van der Waals surface area contributed by atoms with E-state index in [0.29, 0.717) is 42.1 Å². The van der Waals surface area contributed by atoms with Crippen molar-refractivity contribution < 1.29 is 19.0 Å². The van der Waals surface area contributed by atoms with Crippen LogP contribution in [0.5, 0.6) is 17.2 Å². The second-order valence-electron chi connectivity index (χ2n) is 9.61. The van der Waals surface area contributed by atoms with Crippen molar-refractivity contribution in [2.24, 2.45) is 10.1 Å². The highest BCUT2D eigenvalue weighted by atomic mass is 32.2. The third kappa shape index (κ3) is 8.10. The van der Waals surface area contributed by atoms with Gasteiger partial charge >= 0.3 is 0 Å². The van der Waals surface area contributed by atoms with Crippen molar-refractivity contribution in [3.63, 3.8) is 0 Å². The van der Waals surface area contributed by atoms with E-state index in [9.17, 15) is 4.79 Å². The summed E-state index contributed by atoms with van der Waals surface area (Å²) in [7, 11) is 0. The maximum Gasteiger partial charge on any atom is 0.283 e. The molecule has 1 N–H and O–H groups in total. The van der Waals surface area contributed by atoms with Gasteiger partial charge in [-0.05, 0) is 73.4 Å². The number of carbonyl (C=O) groups is 1. The Labute approximate surface area is 246 Å². The van der Waals surface area contributed by atoms with Crippen molar-refractivity contribution in [3.05, 3.63) is 71.8 Å². The number of nitrogens with zero attached hydrogens (tertiary/aromatic N) is 3. The van der Waals surface area contributed by atoms with Crippen LogP contribution in [-0.2, 0) is 11.2 Å². The van der Waals surface area contributed by atoms with Crippen LogP contribution in [0.4, 0.5) is 0 Å². The van der Waals surface area contributed by atoms with Gasteiger partial charge in [0.25, 0.3) is 5.91 Å². The third-order valence-electron chi connectivity index (χ3n) is 6.50. The fraction of sp³-hybridized carbons (Fsp3) is 0.375. The summed E-state index contributed by atoms with van der Waals surface area (Å²) < 4.78 is 17.7. The number of allylic oxidation sites excluding steroid dienone is 1. The average molecular weight is 575 g/mol. The van der Waals surface area contributed by atoms with Crippen molar-refractivity contribution in [1.82, 2.24) is 5.01 Å². The first-order chi connectivity index (χ1) is 20.0. The summed E-state index contributed by atoms with van der Waals surface area (Å²) in [6, 6.07) is 13.3. The third-order valence-corrected chi connectivity index (χ3v) is 7.47. The van der Waals surface area contributed by atoms with Crippen LogP contribution in [0.3, 0.4) is 0 Å². The van der Waals surface area contributed by atoms with Crippen LogP contribution in [0.25, 0.3) is 6.08 Å². The molecule has 1 amide bonds. The number of carbonyl (C=O) groups excluding carboxylic acids is 1. The van der Waals surface area contributed by atoms with Gasteiger partial charge in [0.1, 0.15) is 24.0 Å². The largest absolute Gasteiger partial charge is 0.490 e. The molecule has 2 aliphatic rings. The molecule has 8 nitrogen and oxygen atoms in total. The Bertz CT molecular complexity index is 1350. The number of amidine groups is 2. The molecule has 216 valence electrons. The number of unbranched alkanes of at least 4 members (excludes halogenated alkanes) is 4. The zero-order chi connectivity index (χ0) is 29.0. The predicted molar refractivity (Wildman–Crippen MR) is 167 cm³/mol. The molecule has 2 heterocycles. The van der Waals surface area contributed by atoms with Gasteiger partial charge in [0.15, 0.2) is 17.3 Å². The molecule has 2 aromatic carbocycles. The Kier molecular flexibility index (Phi) is 11.2. The monoisotopic (exact) mass is 574 g/mol. The summed E-state index contributed by atoms with van der Waals surface area (Å²) in [5, 5.41) is 16.1. The van der Waals surface area contributed by atoms with Crippen molar-refractivity contribution in [1.29, 1.82) is 5.41 Å². The van der Waals surface area contributed by atoms with E-state index < -0.39 is 5.91 Å². The van der Waals surface area contributed by atoms with Gasteiger partial charge in [0.2, 0.25) is 5.17 Å². The standard InChI is InChI=1S/C32H38N4O4S/c1-4-7-8-9-10-16-29-35-36-30(33)25(31(37)34-32(36)41-29)21-23-17-18-27(28(22-23)38-6-3)40-20-19-39-26-15-12-11-14-24(26)13-5-2/h5,11-12,14-15,17-18,21-22,33H,2,4,6-10,13,16,19-20H2,1,3H3/b25-21-,33-30?. The van der Waals surface area contributed by atoms with Crippen molar-refractivity contribution in [2.75, 3.05) is 19.8 Å². The van der Waals surface area contributed by atoms with Crippen LogP contribution in [0.2, 0.25) is 0 Å². The first-order valence-electron chi connectivity index (χ1n) is 14.2. The van der Waals surface area contributed by atoms with E-state index in [1.807, 2.05) is 43.3 Å². The molecule has 0 spiro atoms. The highest BCUT2D eigenvalue weighted by Crippen LogP contribution is 2.33. The first-order valence-corrected chi connectivity index (χ1v) is 15.1. The summed E-state index contributed by atoms with van der Waals surface area (Å²) in [4.78, 5) is 17.1. The summed E-state index contributed by atoms with van der Waals surface area (Å²) in [5.74, 6) is 1.52. The molecule has 0 saturated carbocycles. The fourth-order valence-electron chi connectivity index (χ4n) is 4.45. The molecule has 0 aromatic heterocycles. The second-order valence-corrected chi connectivity index (χ2v) is 10.7. The van der Waals surface area contributed by atoms with Gasteiger partial charge in [0.05, 0.1) is 12.2 Å². The number of para-hydroxylation sites is 1. The molecule has 0 atom stereocenters. The molecule has 2 aromatic rings. The number of hydrogen-bond donors (Lipinski definition) is 1. The van der Waals surface area contributed by atoms with E-state index in [4.69, 9.17) is 19.6 Å². The van der Waals surface area contributed by atoms with E-state index >= 15 is 0 Å². The van der Waals surface area contributed by atoms with Crippen molar-refractivity contribution >= 4 is 39.8 Å². The maximum absolute atomic E-state index is 12.9. The molecule has 0 fully saturated rings. The topological polar surface area (TPSA) is 96.6 Å². The van der Waals surface area contributed by atoms with Gasteiger partial charge in [-0.1, -0.05) is 62.9 Å². The summed E-state index contributed by atoms with van der Waals surface area (Å²) in [6.07, 6.45) is 10.9. The van der Waals surface area contributed by atoms with Crippen molar-refractivity contribution in [2.45, 2.75) is 58.8 Å². The second kappa shape index (κ2) is 15.2. The summed E-state index contributed by atoms with van der Waals surface area (Å²) >= 11 is 1.38. The number of amides is 1. The predicted octanol–water partition coefficient (Wildman–Crippen LogP) is 7.25. The van der Waals surface area contributed by atoms with Crippen molar-refractivity contribution in [3.8, 4) is 17.2 Å². The molecule has 0 bridgehead atoms. The van der Waals surface area contributed by atoms with Crippen LogP contribution in [0.1, 0.15) is 63.5 Å². The number of ether oxygens (including phenoxy) is 3. The smallest absolute Gasteiger partial charge is 0.283 e. The Balaban J connectivity index is 1.40. The maximum atomic E-state index is 12.9. The Morgan fingerprint density at radius 2 is 1.76 bits per heavy atom. The SMILES string of the molecule is C=CCc1ccccc1OCCOc1ccc(/C=C2/C(=N)N3N=C(CCCCCCC)SC3=NC2=O)cc1OCC. The minimum absolute atomic E-state index is 0.0284. The molecule has 0 aliphatic carbocycles. The Morgan fingerprint density at radius 3 is 2.54 bits per heavy atom. The number of fused-ring (bicyclic) bond motifs is 1. The highest BCUT2D eigenvalue weighted by molar-refractivity contribution is 8.26. The zero-order valence-corrected chi connectivity index (χ0v) is 24.7. The lowest BCUT2D eigenvalue weighted by Gasteiger charge is -2.20. The van der Waals surface area contributed by atoms with Crippen LogP contribution >= 0.6 is 11.8 Å². The van der Waals surface area contributed by atoms with Gasteiger partial charge in [-0.15, -0.1) is 6.58 Å². The zero-order valence-electron chi connectivity index (χ0n) is 23.9. The van der Waals surface area contributed by atoms with Crippen LogP contribution in [-0.4, -0.2) is 46.8 Å². The molecule has 2 aliphatic heterocycles. The van der Waals surface area contributed by atoms with Gasteiger partial charge in [-0.3, -0.25) is 10.2 Å². The quantitative estimate of drug-likeness (QED) is 0.129. The molecular formula is C32H38N4O4S. The number of hydrogen-bond acceptors (Lipinski definition) is 7. The Morgan fingerprint density at radius 1 is 0.976 bits per heavy atom. The van der Waals surface area contributed by atoms with Gasteiger partial charge in [-0.2, -0.15) is 15.1 Å². The van der Waals surface area contributed by atoms with E-state index in [0.717, 1.165) is 42.0 Å². The molecule has 4 rings (SSSR count). The molecule has 9 heteroatoms. The highest BCUT2D eigenvalue weighted by Gasteiger charge is 2.35. The number of hydrazone groups is 1. The number of nitrogens with one attached hydrogen (secondary N) is 1. The van der Waals surface area contributed by atoms with E-state index in [1.165, 1.54) is 36.0 Å². The van der Waals surface area contributed by atoms with E-state index in [-0.39, 0.29) is 11.4 Å².